The number of hydrogen-bond acceptors (Lipinski definition) is 2. The molecule has 1 heterocycles. The molecule has 0 radical (unpaired) electrons. The number of aromatic carboxylic acids is 1. The van der Waals surface area contributed by atoms with E-state index in [2.05, 4.69) is 19.1 Å². The van der Waals surface area contributed by atoms with E-state index in [4.69, 9.17) is 28.3 Å². The third-order valence-corrected chi connectivity index (χ3v) is 5.43. The predicted octanol–water partition coefficient (Wildman–Crippen LogP) is 5.83. The van der Waals surface area contributed by atoms with Gasteiger partial charge in [0.1, 0.15) is 5.02 Å². The second kappa shape index (κ2) is 9.79. The van der Waals surface area contributed by atoms with Crippen LogP contribution in [0.3, 0.4) is 0 Å². The molecule has 0 saturated carbocycles. The Kier molecular flexibility index (Phi) is 7.14. The number of pyridine rings is 1. The summed E-state index contributed by atoms with van der Waals surface area (Å²) in [6.45, 7) is 2.46. The third-order valence-electron chi connectivity index (χ3n) is 4.86. The molecule has 2 aromatic carbocycles. The molecule has 154 valence electrons. The Bertz CT molecular complexity index is 1150. The molecule has 0 spiro atoms. The summed E-state index contributed by atoms with van der Waals surface area (Å²) in [5, 5.41) is 9.47. The molecule has 0 aliphatic heterocycles. The van der Waals surface area contributed by atoms with E-state index in [1.807, 2.05) is 24.3 Å². The van der Waals surface area contributed by atoms with Crippen LogP contribution in [0, 0.1) is 0 Å². The number of benzene rings is 2. The van der Waals surface area contributed by atoms with E-state index in [0.29, 0.717) is 23.7 Å². The van der Waals surface area contributed by atoms with Crippen molar-refractivity contribution in [3.8, 4) is 0 Å². The van der Waals surface area contributed by atoms with Crippen LogP contribution in [0.5, 0.6) is 0 Å². The Morgan fingerprint density at radius 1 is 1.00 bits per heavy atom. The molecular weight excluding hydrogens is 421 g/mol. The lowest BCUT2D eigenvalue weighted by Crippen LogP contribution is -2.24. The van der Waals surface area contributed by atoms with Crippen LogP contribution in [-0.4, -0.2) is 15.6 Å². The number of rotatable bonds is 7. The summed E-state index contributed by atoms with van der Waals surface area (Å²) >= 11 is 12.5. The molecule has 1 aromatic heterocycles. The van der Waals surface area contributed by atoms with Crippen molar-refractivity contribution in [3.05, 3.63) is 103 Å². The molecule has 0 atom stereocenters. The minimum atomic E-state index is -0.973. The highest BCUT2D eigenvalue weighted by Crippen LogP contribution is 2.21. The van der Waals surface area contributed by atoms with E-state index < -0.39 is 5.97 Å². The Morgan fingerprint density at radius 2 is 1.73 bits per heavy atom. The maximum atomic E-state index is 12.7. The minimum absolute atomic E-state index is 0.0614. The average Bonchev–Trinajstić information content (AvgIpc) is 2.75. The summed E-state index contributed by atoms with van der Waals surface area (Å²) in [7, 11) is 0. The number of aryl methyl sites for hydroxylation is 2. The van der Waals surface area contributed by atoms with Gasteiger partial charge in [-0.3, -0.25) is 4.79 Å². The second-order valence-corrected chi connectivity index (χ2v) is 7.68. The first-order chi connectivity index (χ1) is 14.4. The van der Waals surface area contributed by atoms with Crippen molar-refractivity contribution in [1.82, 2.24) is 4.57 Å². The lowest BCUT2D eigenvalue weighted by atomic mass is 10.1. The van der Waals surface area contributed by atoms with Crippen LogP contribution in [0.4, 0.5) is 0 Å². The van der Waals surface area contributed by atoms with Crippen LogP contribution in [-0.2, 0) is 19.4 Å². The van der Waals surface area contributed by atoms with Crippen LogP contribution in [0.15, 0.2) is 59.4 Å². The van der Waals surface area contributed by atoms with Gasteiger partial charge in [-0.25, -0.2) is 4.79 Å². The molecule has 30 heavy (non-hydrogen) atoms. The van der Waals surface area contributed by atoms with Gasteiger partial charge in [-0.05, 0) is 53.8 Å². The van der Waals surface area contributed by atoms with E-state index in [0.717, 1.165) is 17.5 Å². The van der Waals surface area contributed by atoms with Crippen molar-refractivity contribution in [3.63, 3.8) is 0 Å². The monoisotopic (exact) mass is 441 g/mol. The number of aromatic nitrogens is 1. The summed E-state index contributed by atoms with van der Waals surface area (Å²) in [5.74, 6) is -0.973. The molecule has 3 rings (SSSR count). The highest BCUT2D eigenvalue weighted by Gasteiger charge is 2.11. The molecule has 0 bridgehead atoms. The number of hydrogen-bond donors (Lipinski definition) is 1. The summed E-state index contributed by atoms with van der Waals surface area (Å²) < 4.78 is 1.55. The lowest BCUT2D eigenvalue weighted by Gasteiger charge is -2.13. The zero-order chi connectivity index (χ0) is 21.7. The SMILES string of the molecule is CCc1cccc(/C=C/c2c(Cl)cc(Cl)c(=O)n2CCc2ccc(C(=O)O)cc2)c1. The third kappa shape index (κ3) is 5.21. The minimum Gasteiger partial charge on any atom is -0.478 e. The van der Waals surface area contributed by atoms with Crippen molar-refractivity contribution in [1.29, 1.82) is 0 Å². The zero-order valence-corrected chi connectivity index (χ0v) is 18.0. The molecule has 0 fully saturated rings. The largest absolute Gasteiger partial charge is 0.478 e. The van der Waals surface area contributed by atoms with Gasteiger partial charge in [-0.15, -0.1) is 0 Å². The number of carbonyl (C=O) groups is 1. The summed E-state index contributed by atoms with van der Waals surface area (Å²) in [6.07, 6.45) is 5.21. The molecule has 6 heteroatoms. The van der Waals surface area contributed by atoms with Crippen molar-refractivity contribution >= 4 is 41.3 Å². The molecule has 0 unspecified atom stereocenters. The maximum Gasteiger partial charge on any atom is 0.335 e. The van der Waals surface area contributed by atoms with E-state index >= 15 is 0 Å². The lowest BCUT2D eigenvalue weighted by molar-refractivity contribution is 0.0697. The van der Waals surface area contributed by atoms with Gasteiger partial charge in [0.15, 0.2) is 0 Å². The second-order valence-electron chi connectivity index (χ2n) is 6.87. The average molecular weight is 442 g/mol. The molecule has 0 saturated heterocycles. The topological polar surface area (TPSA) is 59.3 Å². The van der Waals surface area contributed by atoms with E-state index in [1.54, 1.807) is 28.8 Å². The predicted molar refractivity (Wildman–Crippen MR) is 123 cm³/mol. The van der Waals surface area contributed by atoms with Gasteiger partial charge < -0.3 is 9.67 Å². The number of nitrogens with zero attached hydrogens (tertiary/aromatic N) is 1. The molecule has 1 N–H and O–H groups in total. The Morgan fingerprint density at radius 3 is 2.40 bits per heavy atom. The first kappa shape index (κ1) is 21.9. The summed E-state index contributed by atoms with van der Waals surface area (Å²) in [6, 6.07) is 16.2. The van der Waals surface area contributed by atoms with Gasteiger partial charge in [-0.2, -0.15) is 0 Å². The van der Waals surface area contributed by atoms with E-state index in [-0.39, 0.29) is 16.1 Å². The van der Waals surface area contributed by atoms with Gasteiger partial charge in [-0.1, -0.05) is 72.6 Å². The number of halogens is 2. The first-order valence-electron chi connectivity index (χ1n) is 9.57. The molecule has 0 aliphatic carbocycles. The van der Waals surface area contributed by atoms with Crippen LogP contribution >= 0.6 is 23.2 Å². The number of carboxylic acids is 1. The highest BCUT2D eigenvalue weighted by molar-refractivity contribution is 6.35. The van der Waals surface area contributed by atoms with Crippen LogP contribution < -0.4 is 5.56 Å². The van der Waals surface area contributed by atoms with Gasteiger partial charge >= 0.3 is 5.97 Å². The fraction of sp³-hybridized carbons (Fsp3) is 0.167. The standard InChI is InChI=1S/C24H21Cl2NO3/c1-2-16-4-3-5-18(14-16)8-11-22-20(25)15-21(26)23(28)27(22)13-12-17-6-9-19(10-7-17)24(29)30/h3-11,14-15H,2,12-13H2,1H3,(H,29,30)/b11-8+. The van der Waals surface area contributed by atoms with E-state index in [9.17, 15) is 9.59 Å². The first-order valence-corrected chi connectivity index (χ1v) is 10.3. The maximum absolute atomic E-state index is 12.7. The Balaban J connectivity index is 1.90. The Labute approximate surface area is 185 Å². The zero-order valence-electron chi connectivity index (χ0n) is 16.4. The van der Waals surface area contributed by atoms with Crippen molar-refractivity contribution in [2.75, 3.05) is 0 Å². The molecular formula is C24H21Cl2NO3. The molecule has 4 nitrogen and oxygen atoms in total. The fourth-order valence-electron chi connectivity index (χ4n) is 3.15. The van der Waals surface area contributed by atoms with Gasteiger partial charge in [0.2, 0.25) is 0 Å². The van der Waals surface area contributed by atoms with Crippen molar-refractivity contribution in [2.24, 2.45) is 0 Å². The van der Waals surface area contributed by atoms with Gasteiger partial charge in [0, 0.05) is 6.54 Å². The molecule has 0 aliphatic rings. The highest BCUT2D eigenvalue weighted by atomic mass is 35.5. The summed E-state index contributed by atoms with van der Waals surface area (Å²) in [4.78, 5) is 23.7. The quantitative estimate of drug-likeness (QED) is 0.501. The molecule has 0 amide bonds. The van der Waals surface area contributed by atoms with Crippen LogP contribution in [0.1, 0.15) is 39.7 Å². The normalized spacial score (nSPS) is 11.2. The van der Waals surface area contributed by atoms with Gasteiger partial charge in [0.25, 0.3) is 5.56 Å². The van der Waals surface area contributed by atoms with Gasteiger partial charge in [0.05, 0.1) is 16.3 Å². The van der Waals surface area contributed by atoms with Crippen molar-refractivity contribution in [2.45, 2.75) is 26.3 Å². The molecule has 3 aromatic rings. The van der Waals surface area contributed by atoms with Crippen molar-refractivity contribution < 1.29 is 9.90 Å². The van der Waals surface area contributed by atoms with Crippen LogP contribution in [0.25, 0.3) is 12.2 Å². The van der Waals surface area contributed by atoms with Crippen LogP contribution in [0.2, 0.25) is 10.0 Å². The smallest absolute Gasteiger partial charge is 0.335 e. The van der Waals surface area contributed by atoms with E-state index in [1.165, 1.54) is 11.6 Å². The summed E-state index contributed by atoms with van der Waals surface area (Å²) in [5.41, 5.74) is 3.64. The Hall–Kier alpha value is -2.82. The number of carboxylic acid groups (broad SMARTS) is 1. The fourth-order valence-corrected chi connectivity index (χ4v) is 3.69.